The Morgan fingerprint density at radius 2 is 1.96 bits per heavy atom. The number of hydrogen-bond donors (Lipinski definition) is 1. The molecule has 1 N–H and O–H groups in total. The van der Waals surface area contributed by atoms with Gasteiger partial charge in [-0.05, 0) is 43.7 Å². The van der Waals surface area contributed by atoms with Crippen LogP contribution < -0.4 is 5.32 Å². The Labute approximate surface area is 141 Å². The van der Waals surface area contributed by atoms with Gasteiger partial charge < -0.3 is 5.32 Å². The number of rotatable bonds is 3. The van der Waals surface area contributed by atoms with Crippen molar-refractivity contribution in [2.45, 2.75) is 26.1 Å². The third kappa shape index (κ3) is 3.47. The Balaban J connectivity index is 1.81. The van der Waals surface area contributed by atoms with E-state index in [1.807, 2.05) is 0 Å². The number of fused-ring (bicyclic) bond motifs is 1. The van der Waals surface area contributed by atoms with Gasteiger partial charge >= 0.3 is 6.18 Å². The van der Waals surface area contributed by atoms with Crippen molar-refractivity contribution in [1.82, 2.24) is 19.9 Å². The molecule has 0 aliphatic heterocycles. The molecule has 25 heavy (non-hydrogen) atoms. The first-order valence-corrected chi connectivity index (χ1v) is 7.55. The van der Waals surface area contributed by atoms with Crippen molar-refractivity contribution in [2.24, 2.45) is 0 Å². The second-order valence-corrected chi connectivity index (χ2v) is 5.71. The lowest BCUT2D eigenvalue weighted by Crippen LogP contribution is -2.27. The van der Waals surface area contributed by atoms with E-state index in [4.69, 9.17) is 0 Å². The summed E-state index contributed by atoms with van der Waals surface area (Å²) < 4.78 is 40.1. The maximum absolute atomic E-state index is 12.8. The summed E-state index contributed by atoms with van der Waals surface area (Å²) in [7, 11) is 0. The van der Waals surface area contributed by atoms with Gasteiger partial charge in [0.05, 0.1) is 17.2 Å². The summed E-state index contributed by atoms with van der Waals surface area (Å²) in [6.45, 7) is 3.39. The fraction of sp³-hybridized carbons (Fsp3) is 0.235. The molecule has 0 saturated heterocycles. The summed E-state index contributed by atoms with van der Waals surface area (Å²) >= 11 is 0. The van der Waals surface area contributed by atoms with Gasteiger partial charge in [-0.15, -0.1) is 10.2 Å². The van der Waals surface area contributed by atoms with Gasteiger partial charge in [-0.2, -0.15) is 13.2 Å². The predicted octanol–water partition coefficient (Wildman–Crippen LogP) is 3.55. The quantitative estimate of drug-likeness (QED) is 0.787. The van der Waals surface area contributed by atoms with Crippen molar-refractivity contribution in [2.75, 3.05) is 0 Å². The fourth-order valence-corrected chi connectivity index (χ4v) is 2.49. The molecule has 1 atom stereocenters. The van der Waals surface area contributed by atoms with Crippen molar-refractivity contribution in [3.05, 3.63) is 65.1 Å². The van der Waals surface area contributed by atoms with Crippen LogP contribution in [0.5, 0.6) is 0 Å². The second kappa shape index (κ2) is 6.19. The molecule has 3 rings (SSSR count). The molecule has 1 unspecified atom stereocenters. The second-order valence-electron chi connectivity index (χ2n) is 5.71. The lowest BCUT2D eigenvalue weighted by atomic mass is 10.0. The van der Waals surface area contributed by atoms with Crippen LogP contribution in [-0.2, 0) is 6.18 Å². The number of carbonyl (C=O) groups excluding carboxylic acids is 1. The third-order valence-corrected chi connectivity index (χ3v) is 3.90. The van der Waals surface area contributed by atoms with Crippen LogP contribution in [0.25, 0.3) is 5.65 Å². The number of amides is 1. The van der Waals surface area contributed by atoms with Gasteiger partial charge in [-0.1, -0.05) is 12.1 Å². The number of carbonyl (C=O) groups is 1. The Kier molecular flexibility index (Phi) is 4.20. The Morgan fingerprint density at radius 3 is 2.68 bits per heavy atom. The van der Waals surface area contributed by atoms with Gasteiger partial charge in [-0.3, -0.25) is 9.20 Å². The van der Waals surface area contributed by atoms with E-state index < -0.39 is 17.8 Å². The minimum atomic E-state index is -4.42. The number of aromatic nitrogens is 3. The van der Waals surface area contributed by atoms with Crippen molar-refractivity contribution in [1.29, 1.82) is 0 Å². The van der Waals surface area contributed by atoms with Gasteiger partial charge in [0.2, 0.25) is 0 Å². The van der Waals surface area contributed by atoms with E-state index in [-0.39, 0.29) is 5.91 Å². The molecule has 8 heteroatoms. The van der Waals surface area contributed by atoms with E-state index in [2.05, 4.69) is 15.5 Å². The number of benzene rings is 1. The van der Waals surface area contributed by atoms with Crippen LogP contribution in [0, 0.1) is 6.92 Å². The molecule has 130 valence electrons. The summed E-state index contributed by atoms with van der Waals surface area (Å²) in [4.78, 5) is 12.4. The molecule has 0 saturated carbocycles. The molecular formula is C17H15F3N4O. The Hall–Kier alpha value is -2.90. The van der Waals surface area contributed by atoms with Crippen LogP contribution in [0.4, 0.5) is 13.2 Å². The SMILES string of the molecule is Cc1nnc2ccc(C(=O)NC(C)c3cccc(C(F)(F)F)c3)cn12. The molecule has 0 radical (unpaired) electrons. The largest absolute Gasteiger partial charge is 0.416 e. The number of nitrogens with zero attached hydrogens (tertiary/aromatic N) is 3. The highest BCUT2D eigenvalue weighted by Gasteiger charge is 2.30. The fourth-order valence-electron chi connectivity index (χ4n) is 2.49. The highest BCUT2D eigenvalue weighted by molar-refractivity contribution is 5.94. The molecule has 0 bridgehead atoms. The number of hydrogen-bond acceptors (Lipinski definition) is 3. The van der Waals surface area contributed by atoms with Gasteiger partial charge in [0.25, 0.3) is 5.91 Å². The summed E-state index contributed by atoms with van der Waals surface area (Å²) in [5, 5.41) is 10.6. The molecule has 0 aliphatic rings. The summed E-state index contributed by atoms with van der Waals surface area (Å²) in [6, 6.07) is 7.59. The zero-order chi connectivity index (χ0) is 18.2. The Bertz CT molecular complexity index is 933. The van der Waals surface area contributed by atoms with E-state index in [0.29, 0.717) is 22.6 Å². The van der Waals surface area contributed by atoms with Crippen LogP contribution in [0.1, 0.15) is 40.3 Å². The standard InChI is InChI=1S/C17H15F3N4O/c1-10(12-4-3-5-14(8-12)17(18,19)20)21-16(25)13-6-7-15-23-22-11(2)24(15)9-13/h3-10H,1-2H3,(H,21,25). The van der Waals surface area contributed by atoms with Crippen LogP contribution in [0.15, 0.2) is 42.6 Å². The van der Waals surface area contributed by atoms with E-state index in [9.17, 15) is 18.0 Å². The van der Waals surface area contributed by atoms with Crippen molar-refractivity contribution >= 4 is 11.6 Å². The first-order chi connectivity index (χ1) is 11.8. The molecule has 2 heterocycles. The van der Waals surface area contributed by atoms with Crippen molar-refractivity contribution in [3.8, 4) is 0 Å². The zero-order valence-corrected chi connectivity index (χ0v) is 13.5. The zero-order valence-electron chi connectivity index (χ0n) is 13.5. The molecule has 0 spiro atoms. The van der Waals surface area contributed by atoms with Crippen LogP contribution >= 0.6 is 0 Å². The van der Waals surface area contributed by atoms with Gasteiger partial charge in [0.15, 0.2) is 5.65 Å². The van der Waals surface area contributed by atoms with Gasteiger partial charge in [-0.25, -0.2) is 0 Å². The smallest absolute Gasteiger partial charge is 0.345 e. The number of pyridine rings is 1. The molecule has 0 fully saturated rings. The predicted molar refractivity (Wildman–Crippen MR) is 85.0 cm³/mol. The third-order valence-electron chi connectivity index (χ3n) is 3.90. The van der Waals surface area contributed by atoms with Gasteiger partial charge in [0, 0.05) is 6.20 Å². The maximum Gasteiger partial charge on any atom is 0.416 e. The molecule has 1 amide bonds. The highest BCUT2D eigenvalue weighted by atomic mass is 19.4. The Morgan fingerprint density at radius 1 is 1.20 bits per heavy atom. The molecule has 5 nitrogen and oxygen atoms in total. The lowest BCUT2D eigenvalue weighted by molar-refractivity contribution is -0.137. The number of aryl methyl sites for hydroxylation is 1. The van der Waals surface area contributed by atoms with Crippen LogP contribution in [0.2, 0.25) is 0 Å². The lowest BCUT2D eigenvalue weighted by Gasteiger charge is -2.16. The first-order valence-electron chi connectivity index (χ1n) is 7.55. The van der Waals surface area contributed by atoms with Crippen LogP contribution in [-0.4, -0.2) is 20.5 Å². The van der Waals surface area contributed by atoms with E-state index in [1.54, 1.807) is 42.6 Å². The maximum atomic E-state index is 12.8. The van der Waals surface area contributed by atoms with E-state index in [0.717, 1.165) is 12.1 Å². The summed E-state index contributed by atoms with van der Waals surface area (Å²) in [6.07, 6.45) is -2.82. The summed E-state index contributed by atoms with van der Waals surface area (Å²) in [5.41, 5.74) is 0.617. The average molecular weight is 348 g/mol. The van der Waals surface area contributed by atoms with Crippen molar-refractivity contribution in [3.63, 3.8) is 0 Å². The average Bonchev–Trinajstić information content (AvgIpc) is 2.95. The van der Waals surface area contributed by atoms with E-state index in [1.165, 1.54) is 6.07 Å². The monoisotopic (exact) mass is 348 g/mol. The topological polar surface area (TPSA) is 59.3 Å². The summed E-state index contributed by atoms with van der Waals surface area (Å²) in [5.74, 6) is 0.246. The number of nitrogens with one attached hydrogen (secondary N) is 1. The van der Waals surface area contributed by atoms with E-state index >= 15 is 0 Å². The molecule has 2 aromatic heterocycles. The number of alkyl halides is 3. The van der Waals surface area contributed by atoms with Crippen molar-refractivity contribution < 1.29 is 18.0 Å². The minimum absolute atomic E-state index is 0.370. The molecular weight excluding hydrogens is 333 g/mol. The molecule has 0 aliphatic carbocycles. The number of halogens is 3. The molecule has 1 aromatic carbocycles. The van der Waals surface area contributed by atoms with Gasteiger partial charge in [0.1, 0.15) is 5.82 Å². The first kappa shape index (κ1) is 16.9. The van der Waals surface area contributed by atoms with Crippen LogP contribution in [0.3, 0.4) is 0 Å². The molecule has 3 aromatic rings. The highest BCUT2D eigenvalue weighted by Crippen LogP contribution is 2.30. The minimum Gasteiger partial charge on any atom is -0.345 e. The normalized spacial score (nSPS) is 13.0.